The average Bonchev–Trinajstić information content (AvgIpc) is 1.62. The van der Waals surface area contributed by atoms with Gasteiger partial charge in [-0.15, -0.1) is 0 Å². The van der Waals surface area contributed by atoms with Gasteiger partial charge in [0.05, 0.1) is 0 Å². The van der Waals surface area contributed by atoms with Gasteiger partial charge in [-0.25, -0.2) is 0 Å². The molecule has 0 saturated heterocycles. The van der Waals surface area contributed by atoms with Crippen LogP contribution in [-0.4, -0.2) is 15.4 Å². The van der Waals surface area contributed by atoms with E-state index in [-0.39, 0.29) is 0 Å². The number of hydrogen-bond acceptors (Lipinski definition) is 3. The first-order valence-electron chi connectivity index (χ1n) is 2.72. The molecule has 0 radical (unpaired) electrons. The molecule has 0 amide bonds. The number of rotatable bonds is 3. The zero-order valence-corrected chi connectivity index (χ0v) is 8.22. The molecule has 0 aromatic carbocycles. The van der Waals surface area contributed by atoms with Gasteiger partial charge in [0.2, 0.25) is 0 Å². The van der Waals surface area contributed by atoms with Gasteiger partial charge in [-0.05, 0) is 19.6 Å². The van der Waals surface area contributed by atoms with E-state index >= 15 is 0 Å². The van der Waals surface area contributed by atoms with E-state index in [9.17, 15) is 4.57 Å². The second-order valence-corrected chi connectivity index (χ2v) is 8.62. The first kappa shape index (κ1) is 9.37. The van der Waals surface area contributed by atoms with Crippen LogP contribution in [0.4, 0.5) is 0 Å². The van der Waals surface area contributed by atoms with Crippen molar-refractivity contribution >= 4 is 16.6 Å². The summed E-state index contributed by atoms with van der Waals surface area (Å²) in [7, 11) is -2.42. The van der Waals surface area contributed by atoms with E-state index in [0.717, 1.165) is 0 Å². The minimum atomic E-state index is -2.17. The molecular formula is C4H13O3PSi. The smallest absolute Gasteiger partial charge is 0.309 e. The molecule has 0 aliphatic carbocycles. The Morgan fingerprint density at radius 2 is 1.78 bits per heavy atom. The summed E-state index contributed by atoms with van der Waals surface area (Å²) in [6.07, 6.45) is 0. The zero-order chi connectivity index (χ0) is 7.49. The monoisotopic (exact) mass is 168 g/mol. The normalized spacial score (nSPS) is 15.6. The molecule has 0 saturated carbocycles. The molecule has 56 valence electrons. The summed E-state index contributed by atoms with van der Waals surface area (Å²) >= 11 is 0. The Bertz CT molecular complexity index is 109. The molecular weight excluding hydrogens is 155 g/mol. The predicted octanol–water partition coefficient (Wildman–Crippen LogP) is 1.87. The maximum atomic E-state index is 10.6. The Morgan fingerprint density at radius 1 is 1.33 bits per heavy atom. The maximum absolute atomic E-state index is 10.6. The Balaban J connectivity index is 3.60. The minimum Gasteiger partial charge on any atom is -0.353 e. The van der Waals surface area contributed by atoms with Crippen LogP contribution >= 0.6 is 8.25 Å². The lowest BCUT2D eigenvalue weighted by Crippen LogP contribution is -2.21. The molecule has 0 rings (SSSR count). The summed E-state index contributed by atoms with van der Waals surface area (Å²) in [4.78, 5) is 0. The van der Waals surface area contributed by atoms with E-state index in [1.807, 2.05) is 19.6 Å². The molecule has 1 atom stereocenters. The molecule has 0 N–H and O–H groups in total. The summed E-state index contributed by atoms with van der Waals surface area (Å²) in [6, 6.07) is 0. The molecule has 0 bridgehead atoms. The molecule has 5 heteroatoms. The van der Waals surface area contributed by atoms with Crippen LogP contribution in [0.2, 0.25) is 19.6 Å². The number of hydrogen-bond donors (Lipinski definition) is 0. The van der Waals surface area contributed by atoms with E-state index < -0.39 is 16.6 Å². The molecule has 9 heavy (non-hydrogen) atoms. The fourth-order valence-electron chi connectivity index (χ4n) is 0.292. The third-order valence-corrected chi connectivity index (χ3v) is 4.01. The lowest BCUT2D eigenvalue weighted by molar-refractivity contribution is 0.347. The van der Waals surface area contributed by atoms with Gasteiger partial charge in [0.1, 0.15) is 0 Å². The van der Waals surface area contributed by atoms with Crippen LogP contribution in [0.3, 0.4) is 0 Å². The first-order valence-corrected chi connectivity index (χ1v) is 7.36. The van der Waals surface area contributed by atoms with Crippen LogP contribution in [0.25, 0.3) is 0 Å². The van der Waals surface area contributed by atoms with Gasteiger partial charge >= 0.3 is 8.25 Å². The fraction of sp³-hybridized carbons (Fsp3) is 1.00. The molecule has 0 heterocycles. The standard InChI is InChI=1S/C4H13O3PSi/c1-6-8(5)7-9(2,3)4/h8H,1-4H3. The summed E-state index contributed by atoms with van der Waals surface area (Å²) in [5, 5.41) is 0. The fourth-order valence-corrected chi connectivity index (χ4v) is 2.63. The second-order valence-electron chi connectivity index (χ2n) is 2.67. The SMILES string of the molecule is CO[PH](=O)O[Si](C)(C)C. The van der Waals surface area contributed by atoms with Crippen molar-refractivity contribution in [3.05, 3.63) is 0 Å². The summed E-state index contributed by atoms with van der Waals surface area (Å²) < 4.78 is 20.1. The Morgan fingerprint density at radius 3 is 1.89 bits per heavy atom. The minimum absolute atomic E-state index is 1.39. The molecule has 0 spiro atoms. The van der Waals surface area contributed by atoms with E-state index in [1.54, 1.807) is 0 Å². The van der Waals surface area contributed by atoms with Crippen LogP contribution < -0.4 is 0 Å². The highest BCUT2D eigenvalue weighted by molar-refractivity contribution is 7.35. The van der Waals surface area contributed by atoms with Crippen LogP contribution in [0.5, 0.6) is 0 Å². The van der Waals surface area contributed by atoms with E-state index in [4.69, 9.17) is 4.21 Å². The van der Waals surface area contributed by atoms with Crippen molar-refractivity contribution in [2.24, 2.45) is 0 Å². The highest BCUT2D eigenvalue weighted by Gasteiger charge is 2.17. The topological polar surface area (TPSA) is 35.5 Å². The van der Waals surface area contributed by atoms with Crippen molar-refractivity contribution in [1.29, 1.82) is 0 Å². The zero-order valence-electron chi connectivity index (χ0n) is 6.22. The van der Waals surface area contributed by atoms with Crippen LogP contribution in [0.15, 0.2) is 0 Å². The van der Waals surface area contributed by atoms with Gasteiger partial charge in [0.15, 0.2) is 8.32 Å². The molecule has 0 fully saturated rings. The van der Waals surface area contributed by atoms with E-state index in [2.05, 4.69) is 4.52 Å². The highest BCUT2D eigenvalue weighted by atomic mass is 31.1. The van der Waals surface area contributed by atoms with Crippen molar-refractivity contribution in [1.82, 2.24) is 0 Å². The largest absolute Gasteiger partial charge is 0.353 e. The highest BCUT2D eigenvalue weighted by Crippen LogP contribution is 2.27. The molecule has 1 unspecified atom stereocenters. The molecule has 0 aromatic heterocycles. The lowest BCUT2D eigenvalue weighted by atomic mass is 11.8. The van der Waals surface area contributed by atoms with E-state index in [1.165, 1.54) is 7.11 Å². The van der Waals surface area contributed by atoms with Crippen molar-refractivity contribution in [2.75, 3.05) is 7.11 Å². The predicted molar refractivity (Wildman–Crippen MR) is 40.4 cm³/mol. The van der Waals surface area contributed by atoms with E-state index in [0.29, 0.717) is 0 Å². The summed E-state index contributed by atoms with van der Waals surface area (Å²) in [5.41, 5.74) is 0. The van der Waals surface area contributed by atoms with Gasteiger partial charge in [0, 0.05) is 7.11 Å². The van der Waals surface area contributed by atoms with Crippen LogP contribution in [-0.2, 0) is 13.3 Å². The van der Waals surface area contributed by atoms with Crippen molar-refractivity contribution in [2.45, 2.75) is 19.6 Å². The van der Waals surface area contributed by atoms with Gasteiger partial charge in [-0.2, -0.15) is 0 Å². The first-order chi connectivity index (χ1) is 3.95. The van der Waals surface area contributed by atoms with Crippen LogP contribution in [0.1, 0.15) is 0 Å². The van der Waals surface area contributed by atoms with Crippen molar-refractivity contribution < 1.29 is 13.3 Å². The molecule has 0 aromatic rings. The van der Waals surface area contributed by atoms with Gasteiger partial charge in [0.25, 0.3) is 0 Å². The lowest BCUT2D eigenvalue weighted by Gasteiger charge is -2.14. The average molecular weight is 168 g/mol. The third kappa shape index (κ3) is 6.25. The molecule has 0 aliphatic heterocycles. The summed E-state index contributed by atoms with van der Waals surface area (Å²) in [6.45, 7) is 5.90. The Kier molecular flexibility index (Phi) is 3.66. The van der Waals surface area contributed by atoms with Gasteiger partial charge in [-0.1, -0.05) is 0 Å². The van der Waals surface area contributed by atoms with Gasteiger partial charge in [-0.3, -0.25) is 4.57 Å². The summed E-state index contributed by atoms with van der Waals surface area (Å²) in [5.74, 6) is 0. The van der Waals surface area contributed by atoms with Crippen molar-refractivity contribution in [3.63, 3.8) is 0 Å². The maximum Gasteiger partial charge on any atom is 0.309 e. The van der Waals surface area contributed by atoms with Crippen molar-refractivity contribution in [3.8, 4) is 0 Å². The van der Waals surface area contributed by atoms with Gasteiger partial charge < -0.3 is 8.74 Å². The Hall–Kier alpha value is 0.367. The second kappa shape index (κ2) is 3.51. The Labute approximate surface area is 57.4 Å². The molecule has 0 aliphatic rings. The molecule has 3 nitrogen and oxygen atoms in total. The van der Waals surface area contributed by atoms with Crippen LogP contribution in [0, 0.1) is 0 Å². The quantitative estimate of drug-likeness (QED) is 0.476. The third-order valence-electron chi connectivity index (χ3n) is 0.556.